The zero-order valence-corrected chi connectivity index (χ0v) is 10.6. The van der Waals surface area contributed by atoms with Crippen LogP contribution in [0.3, 0.4) is 0 Å². The largest absolute Gasteiger partial charge is 0.385 e. The van der Waals surface area contributed by atoms with Crippen LogP contribution in [0.5, 0.6) is 0 Å². The van der Waals surface area contributed by atoms with Gasteiger partial charge in [-0.15, -0.1) is 0 Å². The maximum absolute atomic E-state index is 3.45. The molecular weight excluding hydrogens is 273 g/mol. The molecule has 72 valence electrons. The maximum Gasteiger partial charge on any atom is 0.0380 e. The van der Waals surface area contributed by atoms with Gasteiger partial charge in [-0.05, 0) is 53.1 Å². The van der Waals surface area contributed by atoms with Gasteiger partial charge in [-0.1, -0.05) is 19.9 Å². The molecule has 0 saturated carbocycles. The number of nitrogens with one attached hydrogen (secondary N) is 1. The summed E-state index contributed by atoms with van der Waals surface area (Å²) in [6.45, 7) is 7.62. The monoisotopic (exact) mass is 289 g/mol. The minimum absolute atomic E-state index is 0.692. The summed E-state index contributed by atoms with van der Waals surface area (Å²) in [6, 6.07) is 6.49. The number of hydrogen-bond acceptors (Lipinski definition) is 1. The molecule has 0 saturated heterocycles. The van der Waals surface area contributed by atoms with E-state index in [0.717, 1.165) is 6.54 Å². The van der Waals surface area contributed by atoms with Gasteiger partial charge in [-0.25, -0.2) is 0 Å². The zero-order valence-electron chi connectivity index (χ0n) is 8.39. The highest BCUT2D eigenvalue weighted by Crippen LogP contribution is 2.18. The number of rotatable bonds is 3. The van der Waals surface area contributed by atoms with Gasteiger partial charge in [0.15, 0.2) is 0 Å². The molecule has 1 rings (SSSR count). The van der Waals surface area contributed by atoms with Gasteiger partial charge in [-0.2, -0.15) is 0 Å². The Kier molecular flexibility index (Phi) is 4.03. The summed E-state index contributed by atoms with van der Waals surface area (Å²) in [4.78, 5) is 0. The zero-order chi connectivity index (χ0) is 9.84. The van der Waals surface area contributed by atoms with Crippen LogP contribution < -0.4 is 5.32 Å². The van der Waals surface area contributed by atoms with Gasteiger partial charge < -0.3 is 5.32 Å². The Hall–Kier alpha value is -0.250. The van der Waals surface area contributed by atoms with Crippen molar-refractivity contribution in [1.82, 2.24) is 0 Å². The Balaban J connectivity index is 2.70. The predicted octanol–water partition coefficient (Wildman–Crippen LogP) is 3.67. The molecule has 0 aliphatic heterocycles. The van der Waals surface area contributed by atoms with E-state index in [1.165, 1.54) is 14.8 Å². The minimum Gasteiger partial charge on any atom is -0.385 e. The second-order valence-electron chi connectivity index (χ2n) is 3.73. The van der Waals surface area contributed by atoms with Crippen molar-refractivity contribution >= 4 is 28.3 Å². The second kappa shape index (κ2) is 4.84. The number of halogens is 1. The number of hydrogen-bond donors (Lipinski definition) is 1. The summed E-state index contributed by atoms with van der Waals surface area (Å²) in [7, 11) is 0. The van der Waals surface area contributed by atoms with Crippen LogP contribution in [0.1, 0.15) is 19.4 Å². The van der Waals surface area contributed by atoms with Gasteiger partial charge in [0.25, 0.3) is 0 Å². The van der Waals surface area contributed by atoms with E-state index in [-0.39, 0.29) is 0 Å². The Morgan fingerprint density at radius 2 is 2.08 bits per heavy atom. The first-order valence-electron chi connectivity index (χ1n) is 4.59. The Morgan fingerprint density at radius 3 is 2.69 bits per heavy atom. The molecule has 0 bridgehead atoms. The molecule has 2 heteroatoms. The van der Waals surface area contributed by atoms with Gasteiger partial charge in [-0.3, -0.25) is 0 Å². The van der Waals surface area contributed by atoms with Crippen molar-refractivity contribution in [2.45, 2.75) is 20.8 Å². The topological polar surface area (TPSA) is 12.0 Å². The van der Waals surface area contributed by atoms with Gasteiger partial charge in [0.05, 0.1) is 0 Å². The highest BCUT2D eigenvalue weighted by Gasteiger charge is 1.99. The third kappa shape index (κ3) is 3.55. The van der Waals surface area contributed by atoms with Gasteiger partial charge in [0.2, 0.25) is 0 Å². The first kappa shape index (κ1) is 10.8. The fourth-order valence-electron chi connectivity index (χ4n) is 1.10. The third-order valence-corrected chi connectivity index (χ3v) is 2.57. The van der Waals surface area contributed by atoms with Crippen molar-refractivity contribution in [3.63, 3.8) is 0 Å². The van der Waals surface area contributed by atoms with Crippen molar-refractivity contribution in [2.24, 2.45) is 5.92 Å². The quantitative estimate of drug-likeness (QED) is 0.837. The minimum atomic E-state index is 0.692. The average molecular weight is 289 g/mol. The molecular formula is C11H16IN. The molecule has 0 aliphatic carbocycles. The van der Waals surface area contributed by atoms with Crippen molar-refractivity contribution in [1.29, 1.82) is 0 Å². The summed E-state index contributed by atoms with van der Waals surface area (Å²) in [6.07, 6.45) is 0. The van der Waals surface area contributed by atoms with Crippen LogP contribution in [-0.4, -0.2) is 6.54 Å². The van der Waals surface area contributed by atoms with Crippen molar-refractivity contribution in [2.75, 3.05) is 11.9 Å². The molecule has 1 aromatic rings. The predicted molar refractivity (Wildman–Crippen MR) is 67.2 cm³/mol. The molecule has 0 aliphatic rings. The lowest BCUT2D eigenvalue weighted by molar-refractivity contribution is 0.688. The summed E-state index contributed by atoms with van der Waals surface area (Å²) >= 11 is 2.34. The van der Waals surface area contributed by atoms with Crippen LogP contribution in [0.4, 0.5) is 5.69 Å². The summed E-state index contributed by atoms with van der Waals surface area (Å²) < 4.78 is 1.29. The molecule has 1 nitrogen and oxygen atoms in total. The van der Waals surface area contributed by atoms with Crippen LogP contribution in [0.15, 0.2) is 18.2 Å². The molecule has 0 unspecified atom stereocenters. The maximum atomic E-state index is 3.45. The van der Waals surface area contributed by atoms with Crippen LogP contribution >= 0.6 is 22.6 Å². The third-order valence-electron chi connectivity index (χ3n) is 1.90. The Labute approximate surface area is 94.1 Å². The Morgan fingerprint density at radius 1 is 1.38 bits per heavy atom. The first-order chi connectivity index (χ1) is 6.09. The summed E-state index contributed by atoms with van der Waals surface area (Å²) in [5.41, 5.74) is 2.58. The molecule has 0 amide bonds. The van der Waals surface area contributed by atoms with Crippen molar-refractivity contribution in [3.05, 3.63) is 27.3 Å². The van der Waals surface area contributed by atoms with E-state index in [9.17, 15) is 0 Å². The van der Waals surface area contributed by atoms with E-state index >= 15 is 0 Å². The number of anilines is 1. The SMILES string of the molecule is Cc1ccc(I)cc1NCC(C)C. The van der Waals surface area contributed by atoms with Crippen LogP contribution in [0.25, 0.3) is 0 Å². The number of benzene rings is 1. The molecule has 0 heterocycles. The first-order valence-corrected chi connectivity index (χ1v) is 5.67. The van der Waals surface area contributed by atoms with Gasteiger partial charge in [0.1, 0.15) is 0 Å². The summed E-state index contributed by atoms with van der Waals surface area (Å²) in [5, 5.41) is 3.45. The smallest absolute Gasteiger partial charge is 0.0380 e. The molecule has 0 radical (unpaired) electrons. The van der Waals surface area contributed by atoms with Gasteiger partial charge >= 0.3 is 0 Å². The molecule has 13 heavy (non-hydrogen) atoms. The normalized spacial score (nSPS) is 10.5. The fraction of sp³-hybridized carbons (Fsp3) is 0.455. The molecule has 0 atom stereocenters. The molecule has 0 fully saturated rings. The van der Waals surface area contributed by atoms with E-state index in [0.29, 0.717) is 5.92 Å². The van der Waals surface area contributed by atoms with Crippen LogP contribution in [0, 0.1) is 16.4 Å². The second-order valence-corrected chi connectivity index (χ2v) is 4.98. The van der Waals surface area contributed by atoms with E-state index in [1.807, 2.05) is 0 Å². The standard InChI is InChI=1S/C11H16IN/c1-8(2)7-13-11-6-10(12)5-4-9(11)3/h4-6,8,13H,7H2,1-3H3. The van der Waals surface area contributed by atoms with E-state index in [2.05, 4.69) is 66.9 Å². The molecule has 1 N–H and O–H groups in total. The lowest BCUT2D eigenvalue weighted by Gasteiger charge is -2.11. The fourth-order valence-corrected chi connectivity index (χ4v) is 1.59. The number of aryl methyl sites for hydroxylation is 1. The lowest BCUT2D eigenvalue weighted by atomic mass is 10.2. The van der Waals surface area contributed by atoms with Crippen LogP contribution in [0.2, 0.25) is 0 Å². The van der Waals surface area contributed by atoms with E-state index < -0.39 is 0 Å². The molecule has 0 aromatic heterocycles. The highest BCUT2D eigenvalue weighted by molar-refractivity contribution is 14.1. The molecule has 0 spiro atoms. The summed E-state index contributed by atoms with van der Waals surface area (Å²) in [5.74, 6) is 0.692. The molecule has 1 aromatic carbocycles. The van der Waals surface area contributed by atoms with E-state index in [1.54, 1.807) is 0 Å². The highest BCUT2D eigenvalue weighted by atomic mass is 127. The average Bonchev–Trinajstić information content (AvgIpc) is 2.06. The van der Waals surface area contributed by atoms with Crippen molar-refractivity contribution in [3.8, 4) is 0 Å². The van der Waals surface area contributed by atoms with Gasteiger partial charge in [0, 0.05) is 15.8 Å². The van der Waals surface area contributed by atoms with E-state index in [4.69, 9.17) is 0 Å². The van der Waals surface area contributed by atoms with Crippen LogP contribution in [-0.2, 0) is 0 Å². The lowest BCUT2D eigenvalue weighted by Crippen LogP contribution is -2.08. The Bertz CT molecular complexity index is 281. The van der Waals surface area contributed by atoms with Crippen molar-refractivity contribution < 1.29 is 0 Å².